The van der Waals surface area contributed by atoms with Crippen LogP contribution in [0.15, 0.2) is 0 Å². The van der Waals surface area contributed by atoms with Crippen LogP contribution in [-0.2, 0) is 23.8 Å². The van der Waals surface area contributed by atoms with E-state index in [9.17, 15) is 9.59 Å². The Hall–Kier alpha value is -1.10. The van der Waals surface area contributed by atoms with Crippen molar-refractivity contribution >= 4 is 11.9 Å². The maximum atomic E-state index is 12.0. The second kappa shape index (κ2) is 6.00. The van der Waals surface area contributed by atoms with Crippen LogP contribution >= 0.6 is 0 Å². The number of hydrogen-bond acceptors (Lipinski definition) is 5. The van der Waals surface area contributed by atoms with Gasteiger partial charge in [-0.2, -0.15) is 0 Å². The maximum absolute atomic E-state index is 12.0. The lowest BCUT2D eigenvalue weighted by molar-refractivity contribution is -0.175. The van der Waals surface area contributed by atoms with Gasteiger partial charge in [-0.05, 0) is 27.2 Å². The molecule has 1 aliphatic rings. The summed E-state index contributed by atoms with van der Waals surface area (Å²) in [4.78, 5) is 24.0. The third kappa shape index (κ3) is 2.77. The lowest BCUT2D eigenvalue weighted by Crippen LogP contribution is -2.45. The van der Waals surface area contributed by atoms with Crippen LogP contribution in [0.2, 0.25) is 0 Å². The molecule has 17 heavy (non-hydrogen) atoms. The van der Waals surface area contributed by atoms with Crippen LogP contribution in [0.25, 0.3) is 0 Å². The molecular formula is C12H20O5. The average Bonchev–Trinajstić information content (AvgIpc) is 2.82. The van der Waals surface area contributed by atoms with E-state index in [1.807, 2.05) is 0 Å². The van der Waals surface area contributed by atoms with E-state index >= 15 is 0 Å². The molecule has 0 N–H and O–H groups in total. The third-order valence-electron chi connectivity index (χ3n) is 3.15. The van der Waals surface area contributed by atoms with Crippen LogP contribution in [0, 0.1) is 11.3 Å². The maximum Gasteiger partial charge on any atom is 0.323 e. The van der Waals surface area contributed by atoms with E-state index in [0.717, 1.165) is 0 Å². The topological polar surface area (TPSA) is 61.8 Å². The molecule has 5 nitrogen and oxygen atoms in total. The van der Waals surface area contributed by atoms with E-state index in [4.69, 9.17) is 14.2 Å². The van der Waals surface area contributed by atoms with Gasteiger partial charge >= 0.3 is 11.9 Å². The van der Waals surface area contributed by atoms with E-state index in [2.05, 4.69) is 0 Å². The SMILES string of the molecule is CCOC(=O)C(C)(C(=O)OCC)C1CCOC1. The number of rotatable bonds is 5. The van der Waals surface area contributed by atoms with E-state index in [1.165, 1.54) is 0 Å². The molecule has 0 aromatic carbocycles. The summed E-state index contributed by atoms with van der Waals surface area (Å²) in [6, 6.07) is 0. The smallest absolute Gasteiger partial charge is 0.323 e. The summed E-state index contributed by atoms with van der Waals surface area (Å²) in [6.07, 6.45) is 0.675. The Kier molecular flexibility index (Phi) is 4.93. The standard InChI is InChI=1S/C12H20O5/c1-4-16-10(13)12(3,11(14)17-5-2)9-6-7-15-8-9/h9H,4-8H2,1-3H3. The zero-order valence-electron chi connectivity index (χ0n) is 10.7. The van der Waals surface area contributed by atoms with Crippen molar-refractivity contribution in [3.8, 4) is 0 Å². The van der Waals surface area contributed by atoms with Crippen LogP contribution in [0.5, 0.6) is 0 Å². The molecule has 0 amide bonds. The Morgan fingerprint density at radius 1 is 1.24 bits per heavy atom. The lowest BCUT2D eigenvalue weighted by atomic mass is 9.76. The van der Waals surface area contributed by atoms with Crippen molar-refractivity contribution in [1.29, 1.82) is 0 Å². The molecule has 98 valence electrons. The van der Waals surface area contributed by atoms with Crippen molar-refractivity contribution in [3.05, 3.63) is 0 Å². The first kappa shape index (κ1) is 14.0. The molecule has 0 bridgehead atoms. The summed E-state index contributed by atoms with van der Waals surface area (Å²) in [6.45, 7) is 6.49. The fourth-order valence-corrected chi connectivity index (χ4v) is 1.97. The number of ether oxygens (including phenoxy) is 3. The number of hydrogen-bond donors (Lipinski definition) is 0. The predicted octanol–water partition coefficient (Wildman–Crippen LogP) is 1.16. The minimum atomic E-state index is -1.25. The Balaban J connectivity index is 2.89. The first-order chi connectivity index (χ1) is 8.07. The van der Waals surface area contributed by atoms with Crippen LogP contribution in [0.4, 0.5) is 0 Å². The van der Waals surface area contributed by atoms with Crippen LogP contribution in [0.1, 0.15) is 27.2 Å². The summed E-state index contributed by atoms with van der Waals surface area (Å²) in [5.74, 6) is -1.21. The molecule has 0 saturated carbocycles. The van der Waals surface area contributed by atoms with E-state index < -0.39 is 17.4 Å². The largest absolute Gasteiger partial charge is 0.465 e. The van der Waals surface area contributed by atoms with Gasteiger partial charge in [0.05, 0.1) is 19.8 Å². The Morgan fingerprint density at radius 2 is 1.76 bits per heavy atom. The molecular weight excluding hydrogens is 224 g/mol. The van der Waals surface area contributed by atoms with Gasteiger partial charge in [-0.1, -0.05) is 0 Å². The zero-order valence-corrected chi connectivity index (χ0v) is 10.7. The van der Waals surface area contributed by atoms with Crippen molar-refractivity contribution in [2.75, 3.05) is 26.4 Å². The second-order valence-electron chi connectivity index (χ2n) is 4.20. The first-order valence-corrected chi connectivity index (χ1v) is 5.99. The molecule has 1 aliphatic heterocycles. The van der Waals surface area contributed by atoms with Gasteiger partial charge in [-0.15, -0.1) is 0 Å². The van der Waals surface area contributed by atoms with Crippen molar-refractivity contribution in [1.82, 2.24) is 0 Å². The lowest BCUT2D eigenvalue weighted by Gasteiger charge is -2.29. The van der Waals surface area contributed by atoms with Crippen molar-refractivity contribution < 1.29 is 23.8 Å². The molecule has 0 aromatic heterocycles. The molecule has 0 aromatic rings. The molecule has 1 atom stereocenters. The molecule has 1 heterocycles. The summed E-state index contributed by atoms with van der Waals surface area (Å²) in [5, 5.41) is 0. The van der Waals surface area contributed by atoms with E-state index in [0.29, 0.717) is 19.6 Å². The predicted molar refractivity (Wildman–Crippen MR) is 60.3 cm³/mol. The van der Waals surface area contributed by atoms with Gasteiger partial charge in [0.15, 0.2) is 5.41 Å². The highest BCUT2D eigenvalue weighted by molar-refractivity contribution is 6.00. The van der Waals surface area contributed by atoms with Crippen LogP contribution < -0.4 is 0 Å². The Labute approximate surface area is 101 Å². The molecule has 1 rings (SSSR count). The zero-order chi connectivity index (χ0) is 12.9. The molecule has 1 unspecified atom stereocenters. The Bertz CT molecular complexity index is 263. The highest BCUT2D eigenvalue weighted by atomic mass is 16.6. The monoisotopic (exact) mass is 244 g/mol. The highest BCUT2D eigenvalue weighted by Gasteiger charge is 2.51. The van der Waals surface area contributed by atoms with Crippen molar-refractivity contribution in [2.45, 2.75) is 27.2 Å². The molecule has 5 heteroatoms. The quantitative estimate of drug-likeness (QED) is 0.536. The normalized spacial score (nSPS) is 20.1. The number of esters is 2. The molecule has 0 radical (unpaired) electrons. The highest BCUT2D eigenvalue weighted by Crippen LogP contribution is 2.36. The van der Waals surface area contributed by atoms with Gasteiger partial charge in [0.2, 0.25) is 0 Å². The van der Waals surface area contributed by atoms with E-state index in [1.54, 1.807) is 20.8 Å². The molecule has 1 fully saturated rings. The van der Waals surface area contributed by atoms with Crippen molar-refractivity contribution in [3.63, 3.8) is 0 Å². The van der Waals surface area contributed by atoms with Gasteiger partial charge < -0.3 is 14.2 Å². The van der Waals surface area contributed by atoms with Crippen LogP contribution in [-0.4, -0.2) is 38.4 Å². The second-order valence-corrected chi connectivity index (χ2v) is 4.20. The van der Waals surface area contributed by atoms with E-state index in [-0.39, 0.29) is 19.1 Å². The van der Waals surface area contributed by atoms with Gasteiger partial charge in [-0.25, -0.2) is 0 Å². The fraction of sp³-hybridized carbons (Fsp3) is 0.833. The number of carbonyl (C=O) groups excluding carboxylic acids is 2. The summed E-state index contributed by atoms with van der Waals surface area (Å²) < 4.78 is 15.2. The molecule has 1 saturated heterocycles. The number of carbonyl (C=O) groups is 2. The molecule has 0 spiro atoms. The van der Waals surface area contributed by atoms with Gasteiger partial charge in [0.1, 0.15) is 0 Å². The van der Waals surface area contributed by atoms with Gasteiger partial charge in [0.25, 0.3) is 0 Å². The third-order valence-corrected chi connectivity index (χ3v) is 3.15. The average molecular weight is 244 g/mol. The Morgan fingerprint density at radius 3 is 2.12 bits per heavy atom. The van der Waals surface area contributed by atoms with Gasteiger partial charge in [0, 0.05) is 12.5 Å². The summed E-state index contributed by atoms with van der Waals surface area (Å²) in [5.41, 5.74) is -1.25. The summed E-state index contributed by atoms with van der Waals surface area (Å²) >= 11 is 0. The van der Waals surface area contributed by atoms with Crippen LogP contribution in [0.3, 0.4) is 0 Å². The van der Waals surface area contributed by atoms with Gasteiger partial charge in [-0.3, -0.25) is 9.59 Å². The van der Waals surface area contributed by atoms with Crippen molar-refractivity contribution in [2.24, 2.45) is 11.3 Å². The summed E-state index contributed by atoms with van der Waals surface area (Å²) in [7, 11) is 0. The first-order valence-electron chi connectivity index (χ1n) is 5.99. The molecule has 0 aliphatic carbocycles. The fourth-order valence-electron chi connectivity index (χ4n) is 1.97. The minimum Gasteiger partial charge on any atom is -0.465 e. The minimum absolute atomic E-state index is 0.166.